The van der Waals surface area contributed by atoms with Crippen LogP contribution in [0, 0.1) is 9.49 Å². The molecule has 0 spiro atoms. The quantitative estimate of drug-likeness (QED) is 0.548. The van der Waals surface area contributed by atoms with Crippen molar-refractivity contribution in [3.63, 3.8) is 0 Å². The number of benzene rings is 1. The lowest BCUT2D eigenvalue weighted by atomic mass is 9.89. The lowest BCUT2D eigenvalue weighted by molar-refractivity contribution is -0.123. The van der Waals surface area contributed by atoms with Gasteiger partial charge in [0.15, 0.2) is 0 Å². The van der Waals surface area contributed by atoms with Crippen molar-refractivity contribution in [2.75, 3.05) is 6.54 Å². The molecule has 1 aromatic carbocycles. The molecular formula is C17H18INO3S. The fourth-order valence-electron chi connectivity index (χ4n) is 3.05. The molecule has 0 atom stereocenters. The Balaban J connectivity index is 1.74. The first-order valence-electron chi connectivity index (χ1n) is 7.78. The van der Waals surface area contributed by atoms with E-state index >= 15 is 0 Å². The summed E-state index contributed by atoms with van der Waals surface area (Å²) in [5.41, 5.74) is 0.815. The Labute approximate surface area is 153 Å². The van der Waals surface area contributed by atoms with Crippen LogP contribution in [0.3, 0.4) is 0 Å². The summed E-state index contributed by atoms with van der Waals surface area (Å²) in [6.07, 6.45) is 7.60. The Hall–Kier alpha value is -1.02. The Morgan fingerprint density at radius 2 is 2.00 bits per heavy atom. The molecule has 2 amide bonds. The van der Waals surface area contributed by atoms with Crippen LogP contribution in [0.1, 0.15) is 37.7 Å². The van der Waals surface area contributed by atoms with Crippen LogP contribution >= 0.6 is 34.4 Å². The van der Waals surface area contributed by atoms with Gasteiger partial charge < -0.3 is 5.11 Å². The number of aromatic hydroxyl groups is 1. The molecule has 1 saturated heterocycles. The molecule has 1 saturated carbocycles. The van der Waals surface area contributed by atoms with Crippen molar-refractivity contribution in [3.05, 3.63) is 32.2 Å². The zero-order valence-electron chi connectivity index (χ0n) is 12.6. The smallest absolute Gasteiger partial charge is 0.293 e. The Morgan fingerprint density at radius 1 is 1.26 bits per heavy atom. The molecule has 3 rings (SSSR count). The van der Waals surface area contributed by atoms with E-state index < -0.39 is 0 Å². The molecule has 122 valence electrons. The standard InChI is InChI=1S/C17H18INO3S/c18-13-8-12(6-7-14(13)20)9-15-16(21)19(17(22)23-15)10-11-4-2-1-3-5-11/h6-9,11,20H,1-5,10H2/b15-9+. The number of hydrogen-bond acceptors (Lipinski definition) is 4. The van der Waals surface area contributed by atoms with E-state index in [9.17, 15) is 14.7 Å². The normalized spacial score (nSPS) is 21.4. The van der Waals surface area contributed by atoms with Crippen molar-refractivity contribution in [3.8, 4) is 5.75 Å². The second kappa shape index (κ2) is 7.25. The number of imide groups is 1. The van der Waals surface area contributed by atoms with Crippen LogP contribution in [0.5, 0.6) is 5.75 Å². The number of phenols is 1. The van der Waals surface area contributed by atoms with Gasteiger partial charge in [-0.2, -0.15) is 0 Å². The molecule has 2 fully saturated rings. The number of hydrogen-bond donors (Lipinski definition) is 1. The molecule has 0 radical (unpaired) electrons. The van der Waals surface area contributed by atoms with Gasteiger partial charge in [0.1, 0.15) is 5.75 Å². The van der Waals surface area contributed by atoms with E-state index in [1.165, 1.54) is 24.2 Å². The average Bonchev–Trinajstić information content (AvgIpc) is 2.80. The third-order valence-electron chi connectivity index (χ3n) is 4.31. The summed E-state index contributed by atoms with van der Waals surface area (Å²) in [6, 6.07) is 5.14. The maximum atomic E-state index is 12.5. The zero-order valence-corrected chi connectivity index (χ0v) is 15.6. The predicted molar refractivity (Wildman–Crippen MR) is 100 cm³/mol. The fourth-order valence-corrected chi connectivity index (χ4v) is 4.44. The number of carbonyl (C=O) groups excluding carboxylic acids is 2. The third-order valence-corrected chi connectivity index (χ3v) is 6.08. The molecule has 0 bridgehead atoms. The van der Waals surface area contributed by atoms with E-state index in [0.717, 1.165) is 33.7 Å². The van der Waals surface area contributed by atoms with E-state index in [0.29, 0.717) is 17.4 Å². The predicted octanol–water partition coefficient (Wildman–Crippen LogP) is 4.61. The van der Waals surface area contributed by atoms with Crippen LogP contribution in [-0.2, 0) is 4.79 Å². The summed E-state index contributed by atoms with van der Waals surface area (Å²) in [4.78, 5) is 26.5. The van der Waals surface area contributed by atoms with Crippen LogP contribution < -0.4 is 0 Å². The van der Waals surface area contributed by atoms with E-state index in [4.69, 9.17) is 0 Å². The van der Waals surface area contributed by atoms with Gasteiger partial charge in [-0.15, -0.1) is 0 Å². The molecule has 0 unspecified atom stereocenters. The number of rotatable bonds is 3. The van der Waals surface area contributed by atoms with Gasteiger partial charge in [-0.25, -0.2) is 0 Å². The first kappa shape index (κ1) is 16.8. The second-order valence-electron chi connectivity index (χ2n) is 6.01. The highest BCUT2D eigenvalue weighted by atomic mass is 127. The van der Waals surface area contributed by atoms with Gasteiger partial charge in [-0.3, -0.25) is 14.5 Å². The molecule has 1 aliphatic heterocycles. The van der Waals surface area contributed by atoms with Crippen molar-refractivity contribution in [2.45, 2.75) is 32.1 Å². The van der Waals surface area contributed by atoms with Crippen LogP contribution in [0.4, 0.5) is 4.79 Å². The van der Waals surface area contributed by atoms with Crippen LogP contribution in [0.25, 0.3) is 6.08 Å². The Kier molecular flexibility index (Phi) is 5.31. The maximum Gasteiger partial charge on any atom is 0.293 e. The van der Waals surface area contributed by atoms with E-state index in [1.54, 1.807) is 24.3 Å². The molecule has 1 N–H and O–H groups in total. The average molecular weight is 443 g/mol. The summed E-state index contributed by atoms with van der Waals surface area (Å²) in [5.74, 6) is 0.480. The summed E-state index contributed by atoms with van der Waals surface area (Å²) < 4.78 is 0.720. The number of thioether (sulfide) groups is 1. The molecule has 0 aromatic heterocycles. The van der Waals surface area contributed by atoms with Gasteiger partial charge in [-0.1, -0.05) is 25.3 Å². The van der Waals surface area contributed by atoms with Gasteiger partial charge in [0.2, 0.25) is 0 Å². The number of nitrogens with zero attached hydrogens (tertiary/aromatic N) is 1. The fraction of sp³-hybridized carbons (Fsp3) is 0.412. The molecule has 4 nitrogen and oxygen atoms in total. The van der Waals surface area contributed by atoms with Gasteiger partial charge in [0, 0.05) is 6.54 Å². The molecule has 6 heteroatoms. The highest BCUT2D eigenvalue weighted by Gasteiger charge is 2.36. The van der Waals surface area contributed by atoms with Gasteiger partial charge in [0.05, 0.1) is 8.48 Å². The zero-order chi connectivity index (χ0) is 16.4. The lowest BCUT2D eigenvalue weighted by Crippen LogP contribution is -2.34. The van der Waals surface area contributed by atoms with Crippen molar-refractivity contribution in [1.29, 1.82) is 0 Å². The summed E-state index contributed by atoms with van der Waals surface area (Å²) in [5, 5.41) is 9.39. The third kappa shape index (κ3) is 3.91. The Morgan fingerprint density at radius 3 is 2.70 bits per heavy atom. The number of halogens is 1. The molecule has 1 aromatic rings. The summed E-state index contributed by atoms with van der Waals surface area (Å²) in [7, 11) is 0. The first-order chi connectivity index (χ1) is 11.0. The van der Waals surface area contributed by atoms with Gasteiger partial charge in [-0.05, 0) is 76.9 Å². The molecule has 2 aliphatic rings. The molecule has 1 heterocycles. The first-order valence-corrected chi connectivity index (χ1v) is 9.68. The number of amides is 2. The van der Waals surface area contributed by atoms with Crippen LogP contribution in [-0.4, -0.2) is 27.7 Å². The summed E-state index contributed by atoms with van der Waals surface area (Å²) in [6.45, 7) is 0.551. The SMILES string of the molecule is O=C1S/C(=C/c2ccc(O)c(I)c2)C(=O)N1CC1CCCCC1. The molecular weight excluding hydrogens is 425 g/mol. The van der Waals surface area contributed by atoms with Gasteiger partial charge >= 0.3 is 0 Å². The molecule has 23 heavy (non-hydrogen) atoms. The minimum absolute atomic E-state index is 0.166. The van der Waals surface area contributed by atoms with E-state index in [-0.39, 0.29) is 16.9 Å². The highest BCUT2D eigenvalue weighted by molar-refractivity contribution is 14.1. The highest BCUT2D eigenvalue weighted by Crippen LogP contribution is 2.35. The lowest BCUT2D eigenvalue weighted by Gasteiger charge is -2.25. The van der Waals surface area contributed by atoms with Crippen molar-refractivity contribution in [2.24, 2.45) is 5.92 Å². The minimum atomic E-state index is -0.186. The van der Waals surface area contributed by atoms with Gasteiger partial charge in [0.25, 0.3) is 11.1 Å². The number of carbonyl (C=O) groups is 2. The summed E-state index contributed by atoms with van der Waals surface area (Å²) >= 11 is 3.05. The largest absolute Gasteiger partial charge is 0.507 e. The van der Waals surface area contributed by atoms with E-state index in [2.05, 4.69) is 0 Å². The minimum Gasteiger partial charge on any atom is -0.507 e. The topological polar surface area (TPSA) is 57.6 Å². The maximum absolute atomic E-state index is 12.5. The molecule has 1 aliphatic carbocycles. The monoisotopic (exact) mass is 443 g/mol. The van der Waals surface area contributed by atoms with Crippen LogP contribution in [0.15, 0.2) is 23.1 Å². The number of phenolic OH excluding ortho intramolecular Hbond substituents is 1. The van der Waals surface area contributed by atoms with E-state index in [1.807, 2.05) is 22.6 Å². The van der Waals surface area contributed by atoms with Crippen LogP contribution in [0.2, 0.25) is 0 Å². The van der Waals surface area contributed by atoms with Crippen molar-refractivity contribution in [1.82, 2.24) is 4.90 Å². The second-order valence-corrected chi connectivity index (χ2v) is 8.16. The van der Waals surface area contributed by atoms with Crippen molar-refractivity contribution >= 4 is 51.6 Å². The van der Waals surface area contributed by atoms with Crippen molar-refractivity contribution < 1.29 is 14.7 Å². The Bertz CT molecular complexity index is 668.